The van der Waals surface area contributed by atoms with Gasteiger partial charge >= 0.3 is 0 Å². The van der Waals surface area contributed by atoms with Crippen LogP contribution in [0.3, 0.4) is 0 Å². The standard InChI is InChI=1S/C20H23N3O4S/c1-4-28(25,26)22-17-9-5-15(6-10-17)19-13-20(23(21-19)14(2)24)16-7-11-18(27-3)12-8-16/h5-12,20,22H,4,13H2,1-3H3/t20-/m0/s1. The van der Waals surface area contributed by atoms with Gasteiger partial charge in [-0.3, -0.25) is 9.52 Å². The molecule has 28 heavy (non-hydrogen) atoms. The number of hydrogen-bond acceptors (Lipinski definition) is 5. The smallest absolute Gasteiger partial charge is 0.240 e. The lowest BCUT2D eigenvalue weighted by Crippen LogP contribution is -2.24. The molecule has 3 rings (SSSR count). The predicted octanol–water partition coefficient (Wildman–Crippen LogP) is 3.15. The van der Waals surface area contributed by atoms with E-state index >= 15 is 0 Å². The molecular formula is C20H23N3O4S. The molecule has 0 radical (unpaired) electrons. The Bertz CT molecular complexity index is 983. The minimum absolute atomic E-state index is 0.0125. The second-order valence-electron chi connectivity index (χ2n) is 6.49. The van der Waals surface area contributed by atoms with Gasteiger partial charge in [0.2, 0.25) is 15.9 Å². The normalized spacial score (nSPS) is 16.6. The van der Waals surface area contributed by atoms with Gasteiger partial charge in [0.05, 0.1) is 24.6 Å². The van der Waals surface area contributed by atoms with Crippen LogP contribution in [0.25, 0.3) is 0 Å². The van der Waals surface area contributed by atoms with Crippen LogP contribution in [0, 0.1) is 0 Å². The maximum atomic E-state index is 12.1. The molecule has 7 nitrogen and oxygen atoms in total. The second-order valence-corrected chi connectivity index (χ2v) is 8.50. The van der Waals surface area contributed by atoms with Gasteiger partial charge in [-0.15, -0.1) is 0 Å². The Morgan fingerprint density at radius 1 is 1.18 bits per heavy atom. The number of carbonyl (C=O) groups excluding carboxylic acids is 1. The van der Waals surface area contributed by atoms with Gasteiger partial charge in [-0.25, -0.2) is 13.4 Å². The quantitative estimate of drug-likeness (QED) is 0.805. The number of nitrogens with zero attached hydrogens (tertiary/aromatic N) is 2. The number of anilines is 1. The van der Waals surface area contributed by atoms with Crippen molar-refractivity contribution < 1.29 is 17.9 Å². The number of sulfonamides is 1. The third kappa shape index (κ3) is 4.33. The van der Waals surface area contributed by atoms with Crippen molar-refractivity contribution in [3.05, 3.63) is 59.7 Å². The summed E-state index contributed by atoms with van der Waals surface area (Å²) < 4.78 is 31.1. The van der Waals surface area contributed by atoms with E-state index in [-0.39, 0.29) is 17.7 Å². The molecule has 0 saturated heterocycles. The van der Waals surface area contributed by atoms with Crippen LogP contribution in [0.2, 0.25) is 0 Å². The fourth-order valence-corrected chi connectivity index (χ4v) is 3.68. The third-order valence-electron chi connectivity index (χ3n) is 4.61. The molecule has 148 valence electrons. The molecule has 1 aliphatic rings. The van der Waals surface area contributed by atoms with Crippen LogP contribution in [0.15, 0.2) is 53.6 Å². The Balaban J connectivity index is 1.82. The molecule has 0 fully saturated rings. The van der Waals surface area contributed by atoms with Gasteiger partial charge in [0, 0.05) is 19.0 Å². The molecule has 1 amide bonds. The van der Waals surface area contributed by atoms with E-state index < -0.39 is 10.0 Å². The van der Waals surface area contributed by atoms with Crippen LogP contribution in [0.1, 0.15) is 37.4 Å². The number of benzene rings is 2. The summed E-state index contributed by atoms with van der Waals surface area (Å²) in [6, 6.07) is 14.4. The Hall–Kier alpha value is -2.87. The number of ether oxygens (including phenoxy) is 1. The summed E-state index contributed by atoms with van der Waals surface area (Å²) >= 11 is 0. The lowest BCUT2D eigenvalue weighted by molar-refractivity contribution is -0.130. The molecule has 2 aromatic rings. The highest BCUT2D eigenvalue weighted by Gasteiger charge is 2.31. The van der Waals surface area contributed by atoms with Gasteiger partial charge in [-0.05, 0) is 42.3 Å². The van der Waals surface area contributed by atoms with Crippen LogP contribution in [0.4, 0.5) is 5.69 Å². The Morgan fingerprint density at radius 3 is 2.36 bits per heavy atom. The van der Waals surface area contributed by atoms with E-state index in [0.717, 1.165) is 22.6 Å². The largest absolute Gasteiger partial charge is 0.497 e. The maximum Gasteiger partial charge on any atom is 0.240 e. The topological polar surface area (TPSA) is 88.1 Å². The molecule has 0 unspecified atom stereocenters. The number of amides is 1. The van der Waals surface area contributed by atoms with E-state index in [9.17, 15) is 13.2 Å². The van der Waals surface area contributed by atoms with Gasteiger partial charge < -0.3 is 4.74 Å². The first-order valence-corrected chi connectivity index (χ1v) is 10.6. The minimum atomic E-state index is -3.32. The first-order chi connectivity index (χ1) is 13.3. The maximum absolute atomic E-state index is 12.1. The van der Waals surface area contributed by atoms with Crippen molar-refractivity contribution in [3.8, 4) is 5.75 Å². The van der Waals surface area contributed by atoms with E-state index in [1.54, 1.807) is 38.3 Å². The zero-order chi connectivity index (χ0) is 20.3. The summed E-state index contributed by atoms with van der Waals surface area (Å²) in [5.74, 6) is 0.629. The van der Waals surface area contributed by atoms with Gasteiger partial charge in [0.25, 0.3) is 0 Å². The molecule has 0 aliphatic carbocycles. The Morgan fingerprint density at radius 2 is 1.82 bits per heavy atom. The average molecular weight is 401 g/mol. The highest BCUT2D eigenvalue weighted by atomic mass is 32.2. The first-order valence-electron chi connectivity index (χ1n) is 8.95. The van der Waals surface area contributed by atoms with E-state index in [2.05, 4.69) is 9.82 Å². The number of methoxy groups -OCH3 is 1. The zero-order valence-electron chi connectivity index (χ0n) is 16.0. The van der Waals surface area contributed by atoms with Crippen LogP contribution in [0.5, 0.6) is 5.75 Å². The van der Waals surface area contributed by atoms with E-state index in [4.69, 9.17) is 4.74 Å². The number of hydrogen-bond donors (Lipinski definition) is 1. The van der Waals surface area contributed by atoms with Crippen LogP contribution < -0.4 is 9.46 Å². The summed E-state index contributed by atoms with van der Waals surface area (Å²) in [5.41, 5.74) is 3.10. The molecule has 0 aromatic heterocycles. The zero-order valence-corrected chi connectivity index (χ0v) is 16.9. The van der Waals surface area contributed by atoms with Gasteiger partial charge in [0.15, 0.2) is 0 Å². The number of rotatable bonds is 6. The SMILES string of the molecule is CCS(=O)(=O)Nc1ccc(C2=NN(C(C)=O)[C@H](c3ccc(OC)cc3)C2)cc1. The third-order valence-corrected chi connectivity index (χ3v) is 5.91. The minimum Gasteiger partial charge on any atom is -0.497 e. The Kier molecular flexibility index (Phi) is 5.69. The summed E-state index contributed by atoms with van der Waals surface area (Å²) in [4.78, 5) is 12.1. The molecule has 0 saturated carbocycles. The van der Waals surface area contributed by atoms with E-state index in [0.29, 0.717) is 12.1 Å². The molecule has 0 bridgehead atoms. The number of hydrazone groups is 1. The lowest BCUT2D eigenvalue weighted by Gasteiger charge is -2.20. The van der Waals surface area contributed by atoms with Crippen molar-refractivity contribution in [2.45, 2.75) is 26.3 Å². The van der Waals surface area contributed by atoms with Gasteiger partial charge in [-0.2, -0.15) is 5.10 Å². The summed E-state index contributed by atoms with van der Waals surface area (Å²) in [5, 5.41) is 6.00. The molecule has 1 aliphatic heterocycles. The molecule has 0 spiro atoms. The summed E-state index contributed by atoms with van der Waals surface area (Å²) in [7, 11) is -1.71. The average Bonchev–Trinajstić information content (AvgIpc) is 3.14. The molecule has 1 heterocycles. The van der Waals surface area contributed by atoms with Crippen molar-refractivity contribution in [1.82, 2.24) is 5.01 Å². The summed E-state index contributed by atoms with van der Waals surface area (Å²) in [6.45, 7) is 3.07. The van der Waals surface area contributed by atoms with E-state index in [1.807, 2.05) is 24.3 Å². The fourth-order valence-electron chi connectivity index (χ4n) is 3.04. The fraction of sp³-hybridized carbons (Fsp3) is 0.300. The van der Waals surface area contributed by atoms with Gasteiger partial charge in [-0.1, -0.05) is 24.3 Å². The molecule has 1 atom stereocenters. The van der Waals surface area contributed by atoms with Crippen LogP contribution >= 0.6 is 0 Å². The molecule has 2 aromatic carbocycles. The van der Waals surface area contributed by atoms with Crippen LogP contribution in [-0.2, 0) is 14.8 Å². The van der Waals surface area contributed by atoms with Gasteiger partial charge in [0.1, 0.15) is 5.75 Å². The second kappa shape index (κ2) is 8.02. The first kappa shape index (κ1) is 19.9. The molecular weight excluding hydrogens is 378 g/mol. The predicted molar refractivity (Wildman–Crippen MR) is 109 cm³/mol. The van der Waals surface area contributed by atoms with Crippen LogP contribution in [-0.4, -0.2) is 37.9 Å². The monoisotopic (exact) mass is 401 g/mol. The molecule has 8 heteroatoms. The number of nitrogens with one attached hydrogen (secondary N) is 1. The van der Waals surface area contributed by atoms with Crippen molar-refractivity contribution in [3.63, 3.8) is 0 Å². The highest BCUT2D eigenvalue weighted by molar-refractivity contribution is 7.92. The summed E-state index contributed by atoms with van der Waals surface area (Å²) in [6.07, 6.45) is 0.575. The number of carbonyl (C=O) groups is 1. The van der Waals surface area contributed by atoms with Crippen molar-refractivity contribution in [1.29, 1.82) is 0 Å². The lowest BCUT2D eigenvalue weighted by atomic mass is 9.98. The molecule has 1 N–H and O–H groups in total. The Labute approximate surface area is 165 Å². The van der Waals surface area contributed by atoms with Crippen molar-refractivity contribution in [2.75, 3.05) is 17.6 Å². The van der Waals surface area contributed by atoms with Crippen molar-refractivity contribution >= 4 is 27.3 Å². The highest BCUT2D eigenvalue weighted by Crippen LogP contribution is 2.33. The van der Waals surface area contributed by atoms with E-state index in [1.165, 1.54) is 11.9 Å². The van der Waals surface area contributed by atoms with Crippen molar-refractivity contribution in [2.24, 2.45) is 5.10 Å².